The van der Waals surface area contributed by atoms with Crippen LogP contribution >= 0.6 is 11.8 Å². The van der Waals surface area contributed by atoms with Gasteiger partial charge in [0.15, 0.2) is 0 Å². The fraction of sp³-hybridized carbons (Fsp3) is 0.958. The van der Waals surface area contributed by atoms with E-state index in [1.165, 1.54) is 19.3 Å². The molecule has 2 N–H and O–H groups in total. The third-order valence-electron chi connectivity index (χ3n) is 10.2. The number of aliphatic hydroxyl groups is 1. The quantitative estimate of drug-likeness (QED) is 0.714. The summed E-state index contributed by atoms with van der Waals surface area (Å²) in [6.45, 7) is 9.38. The van der Waals surface area contributed by atoms with Crippen LogP contribution in [0.2, 0.25) is 0 Å². The Morgan fingerprint density at radius 2 is 1.86 bits per heavy atom. The molecule has 1 heterocycles. The molecule has 0 bridgehead atoms. The highest BCUT2D eigenvalue weighted by Gasteiger charge is 2.66. The minimum Gasteiger partial charge on any atom is -0.389 e. The molecule has 9 atom stereocenters. The van der Waals surface area contributed by atoms with Crippen molar-refractivity contribution < 1.29 is 9.90 Å². The second kappa shape index (κ2) is 6.72. The summed E-state index contributed by atoms with van der Waals surface area (Å²) in [4.78, 5) is 12.7. The zero-order valence-corrected chi connectivity index (χ0v) is 18.8. The molecule has 5 aliphatic rings. The molecule has 3 nitrogen and oxygen atoms in total. The van der Waals surface area contributed by atoms with Gasteiger partial charge in [0.25, 0.3) is 0 Å². The first-order valence-electron chi connectivity index (χ1n) is 11.9. The highest BCUT2D eigenvalue weighted by atomic mass is 32.2. The van der Waals surface area contributed by atoms with Gasteiger partial charge in [-0.2, -0.15) is 11.8 Å². The average Bonchev–Trinajstić information content (AvgIpc) is 3.25. The predicted octanol–water partition coefficient (Wildman–Crippen LogP) is 4.42. The minimum absolute atomic E-state index is 0.0438. The summed E-state index contributed by atoms with van der Waals surface area (Å²) in [6.07, 6.45) is 9.76. The molecule has 0 aromatic carbocycles. The van der Waals surface area contributed by atoms with E-state index in [2.05, 4.69) is 37.8 Å². The molecule has 0 unspecified atom stereocenters. The first-order chi connectivity index (χ1) is 13.3. The van der Waals surface area contributed by atoms with Crippen LogP contribution in [0.5, 0.6) is 0 Å². The topological polar surface area (TPSA) is 49.3 Å². The summed E-state index contributed by atoms with van der Waals surface area (Å²) in [6, 6.07) is 0. The Bertz CT molecular complexity index is 649. The Labute approximate surface area is 175 Å². The second-order valence-electron chi connectivity index (χ2n) is 11.5. The summed E-state index contributed by atoms with van der Waals surface area (Å²) in [5.41, 5.74) is -0.530. The number of Topliss-reactive ketones (excluding diaryl/α,β-unsaturated/α-hetero) is 1. The van der Waals surface area contributed by atoms with Gasteiger partial charge in [-0.15, -0.1) is 0 Å². The highest BCUT2D eigenvalue weighted by Crippen LogP contribution is 2.68. The molecular formula is C24H39NO2S. The fourth-order valence-corrected chi connectivity index (χ4v) is 10.2. The van der Waals surface area contributed by atoms with Gasteiger partial charge in [0, 0.05) is 28.9 Å². The summed E-state index contributed by atoms with van der Waals surface area (Å²) < 4.78 is 0. The van der Waals surface area contributed by atoms with Gasteiger partial charge in [0.2, 0.25) is 0 Å². The fourth-order valence-electron chi connectivity index (χ4n) is 8.56. The molecule has 5 rings (SSSR count). The summed E-state index contributed by atoms with van der Waals surface area (Å²) >= 11 is 2.16. The van der Waals surface area contributed by atoms with Crippen LogP contribution in [0.4, 0.5) is 0 Å². The third kappa shape index (κ3) is 2.73. The minimum atomic E-state index is -0.508. The van der Waals surface area contributed by atoms with Gasteiger partial charge in [-0.05, 0) is 87.0 Å². The molecule has 0 aromatic rings. The van der Waals surface area contributed by atoms with Crippen molar-refractivity contribution in [2.45, 2.75) is 94.7 Å². The van der Waals surface area contributed by atoms with Crippen molar-refractivity contribution in [2.75, 3.05) is 13.1 Å². The Morgan fingerprint density at radius 3 is 2.61 bits per heavy atom. The van der Waals surface area contributed by atoms with Gasteiger partial charge in [-0.25, -0.2) is 0 Å². The van der Waals surface area contributed by atoms with E-state index in [1.807, 2.05) is 0 Å². The normalized spacial score (nSPS) is 56.2. The molecule has 1 saturated heterocycles. The molecular weight excluding hydrogens is 366 g/mol. The lowest BCUT2D eigenvalue weighted by Gasteiger charge is -2.65. The Morgan fingerprint density at radius 1 is 1.04 bits per heavy atom. The first-order valence-corrected chi connectivity index (χ1v) is 12.8. The second-order valence-corrected chi connectivity index (χ2v) is 13.1. The lowest BCUT2D eigenvalue weighted by molar-refractivity contribution is -0.217. The molecule has 158 valence electrons. The maximum Gasteiger partial charge on any atom is 0.139 e. The largest absolute Gasteiger partial charge is 0.389 e. The number of ketones is 1. The summed E-state index contributed by atoms with van der Waals surface area (Å²) in [5, 5.41) is 16.9. The van der Waals surface area contributed by atoms with Crippen LogP contribution in [0.1, 0.15) is 78.6 Å². The number of nitrogens with one attached hydrogen (secondary N) is 1. The van der Waals surface area contributed by atoms with Crippen LogP contribution in [-0.4, -0.2) is 40.1 Å². The van der Waals surface area contributed by atoms with Crippen LogP contribution in [0.15, 0.2) is 0 Å². The molecule has 0 amide bonds. The Hall–Kier alpha value is -0.0600. The van der Waals surface area contributed by atoms with Gasteiger partial charge < -0.3 is 10.4 Å². The molecule has 1 aliphatic heterocycles. The lowest BCUT2D eigenvalue weighted by atomic mass is 9.42. The van der Waals surface area contributed by atoms with Crippen LogP contribution in [0.3, 0.4) is 0 Å². The van der Waals surface area contributed by atoms with Crippen molar-refractivity contribution in [2.24, 2.45) is 34.5 Å². The van der Waals surface area contributed by atoms with Gasteiger partial charge in [-0.3, -0.25) is 4.79 Å². The van der Waals surface area contributed by atoms with E-state index in [-0.39, 0.29) is 10.8 Å². The maximum atomic E-state index is 12.7. The smallest absolute Gasteiger partial charge is 0.139 e. The van der Waals surface area contributed by atoms with Crippen LogP contribution < -0.4 is 5.32 Å². The lowest BCUT2D eigenvalue weighted by Crippen LogP contribution is -2.64. The molecule has 28 heavy (non-hydrogen) atoms. The maximum absolute atomic E-state index is 12.7. The molecule has 4 aliphatic carbocycles. The first kappa shape index (κ1) is 19.9. The number of fused-ring (bicyclic) bond motifs is 5. The van der Waals surface area contributed by atoms with Gasteiger partial charge in [0.05, 0.1) is 5.60 Å². The SMILES string of the molecule is C[C@@H]1C[C@@]2(O)C[C@H](S[C@@H]3CCNC3)CC[C@]2(C)[C@H]2CC[C@]3(C)C(=O)CC[C@H]3[C@H]12. The van der Waals surface area contributed by atoms with E-state index < -0.39 is 5.60 Å². The molecule has 4 saturated carbocycles. The van der Waals surface area contributed by atoms with Crippen molar-refractivity contribution in [3.05, 3.63) is 0 Å². The van der Waals surface area contributed by atoms with E-state index in [0.29, 0.717) is 34.7 Å². The van der Waals surface area contributed by atoms with Crippen molar-refractivity contribution in [3.8, 4) is 0 Å². The number of carbonyl (C=O) groups excluding carboxylic acids is 1. The number of thioether (sulfide) groups is 1. The van der Waals surface area contributed by atoms with E-state index in [0.717, 1.165) is 56.9 Å². The van der Waals surface area contributed by atoms with E-state index in [1.54, 1.807) is 0 Å². The molecule has 4 heteroatoms. The van der Waals surface area contributed by atoms with Crippen molar-refractivity contribution in [3.63, 3.8) is 0 Å². The van der Waals surface area contributed by atoms with E-state index in [9.17, 15) is 9.90 Å². The summed E-state index contributed by atoms with van der Waals surface area (Å²) in [7, 11) is 0. The standard InChI is InChI=1S/C24H39NO2S/c1-15-12-24(27)13-16(28-17-8-11-25-14-17)6-10-23(24,3)19-7-9-22(2)18(21(15)19)4-5-20(22)26/h15-19,21,25,27H,4-14H2,1-3H3/t15-,16-,17-,18+,19+,21+,22+,23-,24-/m1/s1. The van der Waals surface area contributed by atoms with Crippen molar-refractivity contribution in [1.82, 2.24) is 5.32 Å². The van der Waals surface area contributed by atoms with E-state index in [4.69, 9.17) is 0 Å². The number of hydrogen-bond donors (Lipinski definition) is 2. The number of hydrogen-bond acceptors (Lipinski definition) is 4. The predicted molar refractivity (Wildman–Crippen MR) is 115 cm³/mol. The van der Waals surface area contributed by atoms with Crippen molar-refractivity contribution in [1.29, 1.82) is 0 Å². The Kier molecular flexibility index (Phi) is 4.77. The van der Waals surface area contributed by atoms with E-state index >= 15 is 0 Å². The molecule has 0 aromatic heterocycles. The zero-order chi connectivity index (χ0) is 19.7. The molecule has 5 fully saturated rings. The number of carbonyl (C=O) groups is 1. The Balaban J connectivity index is 1.39. The monoisotopic (exact) mass is 405 g/mol. The van der Waals surface area contributed by atoms with Crippen LogP contribution in [0, 0.1) is 34.5 Å². The van der Waals surface area contributed by atoms with Crippen LogP contribution in [-0.2, 0) is 4.79 Å². The average molecular weight is 406 g/mol. The van der Waals surface area contributed by atoms with Crippen molar-refractivity contribution >= 4 is 17.5 Å². The van der Waals surface area contributed by atoms with Crippen LogP contribution in [0.25, 0.3) is 0 Å². The highest BCUT2D eigenvalue weighted by molar-refractivity contribution is 8.00. The van der Waals surface area contributed by atoms with Gasteiger partial charge in [0.1, 0.15) is 5.78 Å². The van der Waals surface area contributed by atoms with Gasteiger partial charge >= 0.3 is 0 Å². The van der Waals surface area contributed by atoms with Gasteiger partial charge in [-0.1, -0.05) is 20.8 Å². The molecule has 0 spiro atoms. The third-order valence-corrected chi connectivity index (χ3v) is 11.8. The zero-order valence-electron chi connectivity index (χ0n) is 18.0. The summed E-state index contributed by atoms with van der Waals surface area (Å²) in [5.74, 6) is 2.87. The molecule has 0 radical (unpaired) electrons. The number of rotatable bonds is 2.